The molecule has 0 spiro atoms. The Kier molecular flexibility index (Phi) is 3.03. The number of carbonyl (C=O) groups excluding carboxylic acids is 2. The minimum absolute atomic E-state index is 0.0493. The number of hydrogen-bond donors (Lipinski definition) is 0. The van der Waals surface area contributed by atoms with E-state index in [0.717, 1.165) is 5.56 Å². The summed E-state index contributed by atoms with van der Waals surface area (Å²) in [6.45, 7) is 1.89. The summed E-state index contributed by atoms with van der Waals surface area (Å²) in [5, 5.41) is 0. The Bertz CT molecular complexity index is 319. The fourth-order valence-corrected chi connectivity index (χ4v) is 0.883. The molecule has 0 atom stereocenters. The summed E-state index contributed by atoms with van der Waals surface area (Å²) in [6.07, 6.45) is 0. The van der Waals surface area contributed by atoms with Crippen molar-refractivity contribution in [1.29, 1.82) is 0 Å². The molecule has 0 unspecified atom stereocenters. The normalized spacial score (nSPS) is 9.00. The summed E-state index contributed by atoms with van der Waals surface area (Å²) in [5.41, 5.74) is 1.28. The van der Waals surface area contributed by atoms with Crippen LogP contribution in [0.15, 0.2) is 24.3 Å². The second-order valence-corrected chi connectivity index (χ2v) is 2.43. The number of benzene rings is 1. The van der Waals surface area contributed by atoms with Crippen LogP contribution < -0.4 is 0 Å². The van der Waals surface area contributed by atoms with Gasteiger partial charge in [0.25, 0.3) is 0 Å². The van der Waals surface area contributed by atoms with Crippen molar-refractivity contribution in [3.63, 3.8) is 0 Å². The molecule has 68 valence electrons. The Morgan fingerprint density at radius 3 is 2.85 bits per heavy atom. The zero-order chi connectivity index (χ0) is 9.68. The largest absolute Gasteiger partial charge is 0.386 e. The molecular weight excluding hydrogens is 172 g/mol. The minimum Gasteiger partial charge on any atom is -0.251 e. The molecule has 0 saturated heterocycles. The first kappa shape index (κ1) is 9.25. The van der Waals surface area contributed by atoms with Crippen LogP contribution in [0.2, 0.25) is 0 Å². The van der Waals surface area contributed by atoms with E-state index < -0.39 is 5.97 Å². The maximum absolute atomic E-state index is 11.0. The molecule has 1 aromatic carbocycles. The summed E-state index contributed by atoms with van der Waals surface area (Å²) >= 11 is 0. The lowest BCUT2D eigenvalue weighted by molar-refractivity contribution is -0.218. The highest BCUT2D eigenvalue weighted by molar-refractivity contribution is 5.89. The lowest BCUT2D eigenvalue weighted by Gasteiger charge is -1.99. The van der Waals surface area contributed by atoms with Crippen molar-refractivity contribution in [2.45, 2.75) is 6.92 Å². The van der Waals surface area contributed by atoms with Gasteiger partial charge in [0.05, 0.1) is 5.56 Å². The molecule has 0 N–H and O–H groups in total. The number of carbonyl (C=O) groups is 2. The van der Waals surface area contributed by atoms with Gasteiger partial charge in [-0.05, 0) is 19.1 Å². The Labute approximate surface area is 75.0 Å². The Morgan fingerprint density at radius 1 is 1.46 bits per heavy atom. The molecule has 0 aliphatic carbocycles. The van der Waals surface area contributed by atoms with Gasteiger partial charge in [-0.25, -0.2) is 9.68 Å². The van der Waals surface area contributed by atoms with Crippen molar-refractivity contribution in [1.82, 2.24) is 0 Å². The monoisotopic (exact) mass is 180 g/mol. The molecule has 0 amide bonds. The van der Waals surface area contributed by atoms with Gasteiger partial charge in [-0.2, -0.15) is 0 Å². The zero-order valence-corrected chi connectivity index (χ0v) is 7.02. The van der Waals surface area contributed by atoms with Gasteiger partial charge in [0.2, 0.25) is 0 Å². The molecule has 1 aromatic rings. The van der Waals surface area contributed by atoms with E-state index in [9.17, 15) is 9.59 Å². The maximum atomic E-state index is 11.0. The third-order valence-corrected chi connectivity index (χ3v) is 1.42. The SMILES string of the molecule is Cc1cccc(C(=O)OOC=O)c1. The first-order valence-electron chi connectivity index (χ1n) is 3.62. The van der Waals surface area contributed by atoms with Crippen LogP contribution in [0.3, 0.4) is 0 Å². The zero-order valence-electron chi connectivity index (χ0n) is 7.02. The molecule has 0 radical (unpaired) electrons. The summed E-state index contributed by atoms with van der Waals surface area (Å²) in [7, 11) is 0. The van der Waals surface area contributed by atoms with Gasteiger partial charge in [0.1, 0.15) is 0 Å². The fourth-order valence-electron chi connectivity index (χ4n) is 0.883. The lowest BCUT2D eigenvalue weighted by Crippen LogP contribution is -2.05. The van der Waals surface area contributed by atoms with Crippen molar-refractivity contribution in [2.75, 3.05) is 0 Å². The predicted molar refractivity (Wildman–Crippen MR) is 43.7 cm³/mol. The van der Waals surface area contributed by atoms with Crippen molar-refractivity contribution in [2.24, 2.45) is 0 Å². The van der Waals surface area contributed by atoms with E-state index in [0.29, 0.717) is 5.56 Å². The molecule has 4 nitrogen and oxygen atoms in total. The molecule has 0 bridgehead atoms. The van der Waals surface area contributed by atoms with Crippen LogP contribution in [-0.4, -0.2) is 12.4 Å². The highest BCUT2D eigenvalue weighted by atomic mass is 17.2. The maximum Gasteiger partial charge on any atom is 0.386 e. The van der Waals surface area contributed by atoms with Crippen LogP contribution in [0.1, 0.15) is 15.9 Å². The molecule has 0 heterocycles. The third-order valence-electron chi connectivity index (χ3n) is 1.42. The van der Waals surface area contributed by atoms with Crippen LogP contribution in [0, 0.1) is 6.92 Å². The number of aryl methyl sites for hydroxylation is 1. The summed E-state index contributed by atoms with van der Waals surface area (Å²) in [4.78, 5) is 28.7. The number of hydrogen-bond acceptors (Lipinski definition) is 4. The molecule has 0 saturated carbocycles. The highest BCUT2D eigenvalue weighted by Crippen LogP contribution is 2.05. The number of rotatable bonds is 3. The van der Waals surface area contributed by atoms with Gasteiger partial charge >= 0.3 is 12.4 Å². The fraction of sp³-hybridized carbons (Fsp3) is 0.111. The van der Waals surface area contributed by atoms with E-state index in [1.165, 1.54) is 0 Å². The highest BCUT2D eigenvalue weighted by Gasteiger charge is 2.07. The van der Waals surface area contributed by atoms with Crippen molar-refractivity contribution >= 4 is 12.4 Å². The topological polar surface area (TPSA) is 52.6 Å². The van der Waals surface area contributed by atoms with Gasteiger partial charge < -0.3 is 0 Å². The predicted octanol–water partition coefficient (Wildman–Crippen LogP) is 1.24. The molecule has 1 rings (SSSR count). The molecule has 0 aliphatic heterocycles. The van der Waals surface area contributed by atoms with Crippen molar-refractivity contribution in [3.8, 4) is 0 Å². The van der Waals surface area contributed by atoms with Gasteiger partial charge in [-0.15, -0.1) is 0 Å². The molecule has 0 aliphatic rings. The Hall–Kier alpha value is -1.84. The lowest BCUT2D eigenvalue weighted by atomic mass is 10.1. The van der Waals surface area contributed by atoms with Gasteiger partial charge in [0, 0.05) is 0 Å². The van der Waals surface area contributed by atoms with E-state index in [1.807, 2.05) is 13.0 Å². The second-order valence-electron chi connectivity index (χ2n) is 2.43. The van der Waals surface area contributed by atoms with E-state index in [4.69, 9.17) is 0 Å². The van der Waals surface area contributed by atoms with E-state index in [1.54, 1.807) is 18.2 Å². The van der Waals surface area contributed by atoms with Crippen LogP contribution >= 0.6 is 0 Å². The minimum atomic E-state index is -0.684. The van der Waals surface area contributed by atoms with Gasteiger partial charge in [-0.3, -0.25) is 9.68 Å². The van der Waals surface area contributed by atoms with E-state index in [2.05, 4.69) is 9.78 Å². The van der Waals surface area contributed by atoms with Gasteiger partial charge in [0.15, 0.2) is 0 Å². The van der Waals surface area contributed by atoms with Crippen LogP contribution in [0.4, 0.5) is 0 Å². The van der Waals surface area contributed by atoms with E-state index >= 15 is 0 Å². The second kappa shape index (κ2) is 4.25. The molecule has 0 fully saturated rings. The molecule has 0 aromatic heterocycles. The average molecular weight is 180 g/mol. The first-order chi connectivity index (χ1) is 6.24. The Morgan fingerprint density at radius 2 is 2.23 bits per heavy atom. The molecular formula is C9H8O4. The first-order valence-corrected chi connectivity index (χ1v) is 3.62. The summed E-state index contributed by atoms with van der Waals surface area (Å²) in [6, 6.07) is 6.77. The average Bonchev–Trinajstić information content (AvgIpc) is 2.14. The standard InChI is InChI=1S/C9H8O4/c1-7-3-2-4-8(5-7)9(11)13-12-6-10/h2-6H,1H3. The van der Waals surface area contributed by atoms with Crippen LogP contribution in [0.25, 0.3) is 0 Å². The van der Waals surface area contributed by atoms with Gasteiger partial charge in [-0.1, -0.05) is 17.7 Å². The van der Waals surface area contributed by atoms with E-state index in [-0.39, 0.29) is 6.47 Å². The van der Waals surface area contributed by atoms with Crippen LogP contribution in [0.5, 0.6) is 0 Å². The summed E-state index contributed by atoms with van der Waals surface area (Å²) < 4.78 is 0. The van der Waals surface area contributed by atoms with Crippen LogP contribution in [-0.2, 0) is 14.6 Å². The molecule has 13 heavy (non-hydrogen) atoms. The van der Waals surface area contributed by atoms with Crippen molar-refractivity contribution in [3.05, 3.63) is 35.4 Å². The quantitative estimate of drug-likeness (QED) is 0.399. The third kappa shape index (κ3) is 2.59. The Balaban J connectivity index is 2.71. The van der Waals surface area contributed by atoms with Crippen molar-refractivity contribution < 1.29 is 19.4 Å². The smallest absolute Gasteiger partial charge is 0.251 e. The summed E-state index contributed by atoms with van der Waals surface area (Å²) in [5.74, 6) is -0.684. The molecule has 4 heteroatoms.